The van der Waals surface area contributed by atoms with Gasteiger partial charge in [0, 0.05) is 18.7 Å². The van der Waals surface area contributed by atoms with E-state index in [4.69, 9.17) is 4.74 Å². The molecule has 0 aromatic heterocycles. The molecule has 3 atom stereocenters. The fourth-order valence-corrected chi connectivity index (χ4v) is 2.20. The quantitative estimate of drug-likeness (QED) is 0.790. The van der Waals surface area contributed by atoms with Crippen LogP contribution in [0.5, 0.6) is 0 Å². The number of rotatable bonds is 1. The Morgan fingerprint density at radius 2 is 2.19 bits per heavy atom. The number of hydrogen-bond acceptors (Lipinski definition) is 2. The summed E-state index contributed by atoms with van der Waals surface area (Å²) in [5, 5.41) is 3.46. The predicted octanol–water partition coefficient (Wildman–Crippen LogP) is 2.65. The van der Waals surface area contributed by atoms with Crippen LogP contribution in [0, 0.1) is 5.82 Å². The van der Waals surface area contributed by atoms with Crippen molar-refractivity contribution >= 4 is 0 Å². The summed E-state index contributed by atoms with van der Waals surface area (Å²) in [6.07, 6.45) is 0.941. The predicted molar refractivity (Wildman–Crippen MR) is 61.8 cm³/mol. The highest BCUT2D eigenvalue weighted by Crippen LogP contribution is 2.25. The van der Waals surface area contributed by atoms with Gasteiger partial charge in [-0.3, -0.25) is 0 Å². The molecule has 2 rings (SSSR count). The van der Waals surface area contributed by atoms with Crippen LogP contribution >= 0.6 is 0 Å². The minimum atomic E-state index is -0.203. The smallest absolute Gasteiger partial charge is 0.123 e. The van der Waals surface area contributed by atoms with Gasteiger partial charge in [-0.2, -0.15) is 0 Å². The molecule has 88 valence electrons. The number of hydrogen-bond donors (Lipinski definition) is 1. The third-order valence-electron chi connectivity index (χ3n) is 3.03. The number of nitrogens with one attached hydrogen (secondary N) is 1. The van der Waals surface area contributed by atoms with Gasteiger partial charge in [0.05, 0.1) is 6.10 Å². The van der Waals surface area contributed by atoms with Crippen LogP contribution in [0.2, 0.25) is 0 Å². The highest BCUT2D eigenvalue weighted by molar-refractivity contribution is 5.20. The van der Waals surface area contributed by atoms with E-state index < -0.39 is 0 Å². The van der Waals surface area contributed by atoms with Crippen molar-refractivity contribution in [3.63, 3.8) is 0 Å². The molecule has 1 fully saturated rings. The molecule has 0 saturated carbocycles. The maximum atomic E-state index is 13.2. The summed E-state index contributed by atoms with van der Waals surface area (Å²) in [6, 6.07) is 7.32. The Balaban J connectivity index is 2.19. The van der Waals surface area contributed by atoms with E-state index in [1.165, 1.54) is 6.07 Å². The first kappa shape index (κ1) is 11.6. The third-order valence-corrected chi connectivity index (χ3v) is 3.03. The molecule has 16 heavy (non-hydrogen) atoms. The molecule has 1 aromatic carbocycles. The zero-order valence-electron chi connectivity index (χ0n) is 9.74. The van der Waals surface area contributed by atoms with E-state index in [1.54, 1.807) is 12.1 Å². The van der Waals surface area contributed by atoms with Gasteiger partial charge < -0.3 is 10.1 Å². The Morgan fingerprint density at radius 3 is 2.94 bits per heavy atom. The standard InChI is InChI=1S/C13H18FNO/c1-9-6-7-16-13(10(2)15-9)11-4-3-5-12(14)8-11/h3-5,8-10,13,15H,6-7H2,1-2H3. The summed E-state index contributed by atoms with van der Waals surface area (Å²) in [7, 11) is 0. The van der Waals surface area contributed by atoms with Crippen molar-refractivity contribution < 1.29 is 9.13 Å². The first-order chi connectivity index (χ1) is 7.66. The minimum Gasteiger partial charge on any atom is -0.372 e. The van der Waals surface area contributed by atoms with E-state index in [0.29, 0.717) is 6.04 Å². The molecule has 0 amide bonds. The van der Waals surface area contributed by atoms with Gasteiger partial charge in [0.25, 0.3) is 0 Å². The van der Waals surface area contributed by atoms with Crippen LogP contribution in [-0.2, 0) is 4.74 Å². The Morgan fingerprint density at radius 1 is 1.38 bits per heavy atom. The van der Waals surface area contributed by atoms with E-state index >= 15 is 0 Å². The SMILES string of the molecule is CC1CCOC(c2cccc(F)c2)C(C)N1. The number of ether oxygens (including phenoxy) is 1. The highest BCUT2D eigenvalue weighted by Gasteiger charge is 2.24. The van der Waals surface area contributed by atoms with E-state index in [9.17, 15) is 4.39 Å². The normalized spacial score (nSPS) is 31.1. The van der Waals surface area contributed by atoms with Crippen molar-refractivity contribution in [1.82, 2.24) is 5.32 Å². The van der Waals surface area contributed by atoms with Gasteiger partial charge in [-0.1, -0.05) is 12.1 Å². The van der Waals surface area contributed by atoms with Gasteiger partial charge in [0.2, 0.25) is 0 Å². The summed E-state index contributed by atoms with van der Waals surface area (Å²) >= 11 is 0. The fraction of sp³-hybridized carbons (Fsp3) is 0.538. The number of benzene rings is 1. The Bertz CT molecular complexity index is 356. The molecular weight excluding hydrogens is 205 g/mol. The van der Waals surface area contributed by atoms with Gasteiger partial charge >= 0.3 is 0 Å². The minimum absolute atomic E-state index is 0.0550. The zero-order chi connectivity index (χ0) is 11.5. The van der Waals surface area contributed by atoms with Crippen molar-refractivity contribution in [3.8, 4) is 0 Å². The second-order valence-electron chi connectivity index (χ2n) is 4.49. The van der Waals surface area contributed by atoms with E-state index in [-0.39, 0.29) is 18.0 Å². The summed E-state index contributed by atoms with van der Waals surface area (Å²) < 4.78 is 18.9. The maximum absolute atomic E-state index is 13.2. The second-order valence-corrected chi connectivity index (χ2v) is 4.49. The second kappa shape index (κ2) is 4.93. The molecule has 3 heteroatoms. The van der Waals surface area contributed by atoms with Crippen molar-refractivity contribution in [2.24, 2.45) is 0 Å². The van der Waals surface area contributed by atoms with Crippen molar-refractivity contribution in [3.05, 3.63) is 35.6 Å². The van der Waals surface area contributed by atoms with Crippen molar-refractivity contribution in [1.29, 1.82) is 0 Å². The summed E-state index contributed by atoms with van der Waals surface area (Å²) in [6.45, 7) is 4.95. The Hall–Kier alpha value is -0.930. The third kappa shape index (κ3) is 2.60. The lowest BCUT2D eigenvalue weighted by Gasteiger charge is -2.23. The van der Waals surface area contributed by atoms with Crippen molar-refractivity contribution in [2.75, 3.05) is 6.61 Å². The summed E-state index contributed by atoms with van der Waals surface area (Å²) in [4.78, 5) is 0. The fourth-order valence-electron chi connectivity index (χ4n) is 2.20. The van der Waals surface area contributed by atoms with Crippen LogP contribution < -0.4 is 5.32 Å². The summed E-state index contributed by atoms with van der Waals surface area (Å²) in [5.74, 6) is -0.203. The van der Waals surface area contributed by atoms with Crippen molar-refractivity contribution in [2.45, 2.75) is 38.5 Å². The molecule has 1 aromatic rings. The molecule has 0 radical (unpaired) electrons. The van der Waals surface area contributed by atoms with E-state index in [1.807, 2.05) is 6.07 Å². The molecule has 0 spiro atoms. The molecule has 0 bridgehead atoms. The van der Waals surface area contributed by atoms with Gasteiger partial charge in [0.15, 0.2) is 0 Å². The lowest BCUT2D eigenvalue weighted by atomic mass is 10.0. The first-order valence-electron chi connectivity index (χ1n) is 5.80. The largest absolute Gasteiger partial charge is 0.372 e. The van der Waals surface area contributed by atoms with Gasteiger partial charge in [0.1, 0.15) is 5.82 Å². The Labute approximate surface area is 95.8 Å². The van der Waals surface area contributed by atoms with Crippen LogP contribution in [0.25, 0.3) is 0 Å². The van der Waals surface area contributed by atoms with Gasteiger partial charge in [-0.05, 0) is 38.0 Å². The highest BCUT2D eigenvalue weighted by atomic mass is 19.1. The molecule has 1 saturated heterocycles. The molecule has 1 N–H and O–H groups in total. The van der Waals surface area contributed by atoms with Crippen LogP contribution in [0.1, 0.15) is 31.9 Å². The molecule has 3 unspecified atom stereocenters. The maximum Gasteiger partial charge on any atom is 0.123 e. The monoisotopic (exact) mass is 223 g/mol. The molecular formula is C13H18FNO. The van der Waals surface area contributed by atoms with E-state index in [2.05, 4.69) is 19.2 Å². The van der Waals surface area contributed by atoms with Crippen LogP contribution in [0.3, 0.4) is 0 Å². The lowest BCUT2D eigenvalue weighted by molar-refractivity contribution is 0.0459. The van der Waals surface area contributed by atoms with Crippen LogP contribution in [0.15, 0.2) is 24.3 Å². The molecule has 0 aliphatic carbocycles. The topological polar surface area (TPSA) is 21.3 Å². The first-order valence-corrected chi connectivity index (χ1v) is 5.80. The van der Waals surface area contributed by atoms with E-state index in [0.717, 1.165) is 18.6 Å². The zero-order valence-corrected chi connectivity index (χ0v) is 9.74. The molecule has 2 nitrogen and oxygen atoms in total. The molecule has 1 aliphatic rings. The van der Waals surface area contributed by atoms with Gasteiger partial charge in [-0.25, -0.2) is 4.39 Å². The average Bonchev–Trinajstić information content (AvgIpc) is 2.39. The average molecular weight is 223 g/mol. The number of halogens is 1. The lowest BCUT2D eigenvalue weighted by Crippen LogP contribution is -2.36. The van der Waals surface area contributed by atoms with Crippen LogP contribution in [-0.4, -0.2) is 18.7 Å². The summed E-state index contributed by atoms with van der Waals surface area (Å²) in [5.41, 5.74) is 0.911. The van der Waals surface area contributed by atoms with Crippen LogP contribution in [0.4, 0.5) is 4.39 Å². The molecule has 1 aliphatic heterocycles. The Kier molecular flexibility index (Phi) is 3.56. The molecule has 1 heterocycles. The van der Waals surface area contributed by atoms with Gasteiger partial charge in [-0.15, -0.1) is 0 Å².